The van der Waals surface area contributed by atoms with Gasteiger partial charge in [-0.3, -0.25) is 16.7 Å². The summed E-state index contributed by atoms with van der Waals surface area (Å²) >= 11 is 0. The normalized spacial score (nSPS) is 17.1. The summed E-state index contributed by atoms with van der Waals surface area (Å²) in [4.78, 5) is 3.76. The van der Waals surface area contributed by atoms with Crippen LogP contribution in [0.4, 0.5) is 0 Å². The average molecular weight is 747 g/mol. The second-order valence-corrected chi connectivity index (χ2v) is 14.5. The molecule has 1 aliphatic heterocycles. The molecule has 0 bridgehead atoms. The fourth-order valence-electron chi connectivity index (χ4n) is 7.00. The fourth-order valence-corrected chi connectivity index (χ4v) is 7.00. The molecular weight excluding hydrogens is 693 g/mol. The summed E-state index contributed by atoms with van der Waals surface area (Å²) in [5.41, 5.74) is 14.8. The predicted molar refractivity (Wildman–Crippen MR) is 248 cm³/mol. The number of aliphatic imine (C=N–C) groups is 1. The van der Waals surface area contributed by atoms with Crippen LogP contribution in [-0.4, -0.2) is 6.72 Å². The van der Waals surface area contributed by atoms with Gasteiger partial charge in [0.1, 0.15) is 0 Å². The molecule has 0 fully saturated rings. The van der Waals surface area contributed by atoms with Gasteiger partial charge in [0.25, 0.3) is 0 Å². The molecule has 0 saturated carbocycles. The maximum Gasteiger partial charge on any atom is 0.0632 e. The Hall–Kier alpha value is -6.59. The molecule has 57 heavy (non-hydrogen) atoms. The van der Waals surface area contributed by atoms with Crippen LogP contribution in [0.5, 0.6) is 0 Å². The molecule has 4 heteroatoms. The second-order valence-electron chi connectivity index (χ2n) is 14.5. The van der Waals surface area contributed by atoms with Crippen molar-refractivity contribution in [3.05, 3.63) is 234 Å². The summed E-state index contributed by atoms with van der Waals surface area (Å²) in [5.74, 6) is 8.00. The monoisotopic (exact) mass is 746 g/mol. The zero-order valence-corrected chi connectivity index (χ0v) is 33.6. The maximum atomic E-state index is 4.14. The molecular formula is C53H54N4. The number of benzene rings is 6. The number of allylic oxidation sites excluding steroid dienone is 10. The van der Waals surface area contributed by atoms with Gasteiger partial charge in [0, 0.05) is 16.8 Å². The Morgan fingerprint density at radius 3 is 1.81 bits per heavy atom. The molecule has 8 rings (SSSR count). The predicted octanol–water partition coefficient (Wildman–Crippen LogP) is 12.6. The Labute approximate surface area is 339 Å². The molecule has 2 aliphatic rings. The van der Waals surface area contributed by atoms with E-state index in [9.17, 15) is 0 Å². The van der Waals surface area contributed by atoms with Crippen LogP contribution in [0.3, 0.4) is 0 Å². The fraction of sp³-hybridized carbons (Fsp3) is 0.113. The van der Waals surface area contributed by atoms with E-state index >= 15 is 0 Å². The van der Waals surface area contributed by atoms with Crippen LogP contribution in [0.1, 0.15) is 48.6 Å². The number of nitrogens with two attached hydrogens (primary N) is 2. The molecule has 0 spiro atoms. The highest BCUT2D eigenvalue weighted by Crippen LogP contribution is 2.49. The van der Waals surface area contributed by atoms with Gasteiger partial charge in [-0.05, 0) is 112 Å². The van der Waals surface area contributed by atoms with Crippen molar-refractivity contribution in [1.82, 2.24) is 5.32 Å². The molecule has 6 aromatic carbocycles. The topological polar surface area (TPSA) is 76.4 Å². The first kappa shape index (κ1) is 41.6. The van der Waals surface area contributed by atoms with E-state index in [0.29, 0.717) is 0 Å². The summed E-state index contributed by atoms with van der Waals surface area (Å²) in [6.45, 7) is 17.1. The van der Waals surface area contributed by atoms with Gasteiger partial charge in [0.15, 0.2) is 0 Å². The van der Waals surface area contributed by atoms with E-state index in [1.165, 1.54) is 60.8 Å². The van der Waals surface area contributed by atoms with Crippen molar-refractivity contribution in [2.24, 2.45) is 16.7 Å². The van der Waals surface area contributed by atoms with Gasteiger partial charge in [0.2, 0.25) is 0 Å². The van der Waals surface area contributed by atoms with E-state index < -0.39 is 0 Å². The van der Waals surface area contributed by atoms with E-state index in [-0.39, 0.29) is 5.41 Å². The Balaban J connectivity index is 0.000000284. The molecule has 1 aliphatic carbocycles. The molecule has 0 atom stereocenters. The number of fused-ring (bicyclic) bond motifs is 4. The standard InChI is InChI=1S/C38H33N.C8H9N.C7H8.H4N2/c1-26-11-7-5-6-8-12-28(16-15-27(2)39-26)29-17-18-31-24-32(20-19-30(31)23-29)33-21-22-35-34-13-9-10-14-36(34)38(3,4)37(35)25-33;1-9-7-8-5-3-2-4-6-8;1-7-5-3-2-4-6-7;1-2/h5-25,39H,2H2,1,3-4H3;2-6H,1,7H2;2-6H,1H3;1-2H2/b7-5-,8-6+,16-15-,26-11+,28-12+;;;. The van der Waals surface area contributed by atoms with Crippen molar-refractivity contribution in [3.8, 4) is 22.3 Å². The third-order valence-electron chi connectivity index (χ3n) is 9.95. The first-order valence-corrected chi connectivity index (χ1v) is 19.2. The van der Waals surface area contributed by atoms with Gasteiger partial charge in [-0.25, -0.2) is 0 Å². The van der Waals surface area contributed by atoms with Gasteiger partial charge in [-0.1, -0.05) is 184 Å². The molecule has 0 aromatic heterocycles. The molecule has 1 heterocycles. The minimum atomic E-state index is 0.00258. The lowest BCUT2D eigenvalue weighted by Crippen LogP contribution is -2.14. The molecule has 0 radical (unpaired) electrons. The number of aryl methyl sites for hydroxylation is 1. The summed E-state index contributed by atoms with van der Waals surface area (Å²) in [6, 6.07) is 49.6. The van der Waals surface area contributed by atoms with Crippen LogP contribution in [0, 0.1) is 6.92 Å². The molecule has 0 unspecified atom stereocenters. The van der Waals surface area contributed by atoms with E-state index in [2.05, 4.69) is 171 Å². The maximum absolute atomic E-state index is 4.14. The lowest BCUT2D eigenvalue weighted by atomic mass is 9.81. The third kappa shape index (κ3) is 11.0. The number of hydrazine groups is 1. The van der Waals surface area contributed by atoms with Gasteiger partial charge >= 0.3 is 0 Å². The number of hydrogen-bond acceptors (Lipinski definition) is 4. The van der Waals surface area contributed by atoms with Crippen molar-refractivity contribution < 1.29 is 0 Å². The summed E-state index contributed by atoms with van der Waals surface area (Å²) in [6.07, 6.45) is 16.5. The lowest BCUT2D eigenvalue weighted by Gasteiger charge is -2.22. The zero-order chi connectivity index (χ0) is 40.6. The van der Waals surface area contributed by atoms with E-state index in [0.717, 1.165) is 23.5 Å². The van der Waals surface area contributed by atoms with E-state index in [1.54, 1.807) is 0 Å². The summed E-state index contributed by atoms with van der Waals surface area (Å²) in [7, 11) is 0. The number of nitrogens with zero attached hydrogens (tertiary/aromatic N) is 1. The van der Waals surface area contributed by atoms with Gasteiger partial charge < -0.3 is 5.32 Å². The zero-order valence-electron chi connectivity index (χ0n) is 33.6. The first-order chi connectivity index (χ1) is 27.7. The van der Waals surface area contributed by atoms with Crippen molar-refractivity contribution >= 4 is 23.1 Å². The van der Waals surface area contributed by atoms with Crippen LogP contribution in [0.2, 0.25) is 0 Å². The largest absolute Gasteiger partial charge is 0.360 e. The highest BCUT2D eigenvalue weighted by molar-refractivity contribution is 5.92. The Morgan fingerprint density at radius 2 is 1.14 bits per heavy atom. The minimum Gasteiger partial charge on any atom is -0.360 e. The smallest absolute Gasteiger partial charge is 0.0632 e. The van der Waals surface area contributed by atoms with Crippen LogP contribution in [0.25, 0.3) is 38.6 Å². The van der Waals surface area contributed by atoms with Gasteiger partial charge in [0.05, 0.1) is 6.54 Å². The molecule has 0 saturated heterocycles. The summed E-state index contributed by atoms with van der Waals surface area (Å²) in [5, 5.41) is 5.79. The highest BCUT2D eigenvalue weighted by Gasteiger charge is 2.35. The average Bonchev–Trinajstić information content (AvgIpc) is 3.46. The van der Waals surface area contributed by atoms with Crippen LogP contribution >= 0.6 is 0 Å². The molecule has 4 nitrogen and oxygen atoms in total. The van der Waals surface area contributed by atoms with E-state index in [4.69, 9.17) is 0 Å². The molecule has 0 amide bonds. The van der Waals surface area contributed by atoms with Crippen molar-refractivity contribution in [2.75, 3.05) is 0 Å². The molecule has 6 aromatic rings. The van der Waals surface area contributed by atoms with Crippen LogP contribution in [0.15, 0.2) is 211 Å². The number of rotatable bonds is 4. The SMILES string of the molecule is C=C1\C=C/C(c2ccc3cc(-c4ccc5c(c4)C(C)(C)c4ccccc4-5)ccc3c2)=C\C=C\C=C/C=C(\C)N1.C=NCc1ccccc1.Cc1ccccc1.NN. The minimum absolute atomic E-state index is 0.00258. The Bertz CT molecular complexity index is 2440. The van der Waals surface area contributed by atoms with E-state index in [1.807, 2.05) is 79.8 Å². The molecule has 5 N–H and O–H groups in total. The van der Waals surface area contributed by atoms with Crippen LogP contribution in [-0.2, 0) is 12.0 Å². The molecule has 286 valence electrons. The van der Waals surface area contributed by atoms with Crippen molar-refractivity contribution in [2.45, 2.75) is 39.7 Å². The Morgan fingerprint density at radius 1 is 0.579 bits per heavy atom. The number of hydrogen-bond donors (Lipinski definition) is 3. The first-order valence-electron chi connectivity index (χ1n) is 19.2. The van der Waals surface area contributed by atoms with Crippen molar-refractivity contribution in [1.29, 1.82) is 0 Å². The summed E-state index contributed by atoms with van der Waals surface area (Å²) < 4.78 is 0. The lowest BCUT2D eigenvalue weighted by molar-refractivity contribution is 0.660. The van der Waals surface area contributed by atoms with Crippen LogP contribution < -0.4 is 17.0 Å². The number of nitrogens with one attached hydrogen (secondary N) is 1. The quantitative estimate of drug-likeness (QED) is 0.0955. The highest BCUT2D eigenvalue weighted by atomic mass is 15.0. The van der Waals surface area contributed by atoms with Crippen molar-refractivity contribution in [3.63, 3.8) is 0 Å². The third-order valence-corrected chi connectivity index (χ3v) is 9.95. The van der Waals surface area contributed by atoms with Gasteiger partial charge in [-0.2, -0.15) is 0 Å². The Kier molecular flexibility index (Phi) is 14.9. The van der Waals surface area contributed by atoms with Gasteiger partial charge in [-0.15, -0.1) is 0 Å². The second kappa shape index (κ2) is 20.4.